The van der Waals surface area contributed by atoms with E-state index in [1.807, 2.05) is 26.8 Å². The molecule has 4 aliphatic rings. The van der Waals surface area contributed by atoms with Crippen LogP contribution in [0, 0.1) is 34.5 Å². The lowest BCUT2D eigenvalue weighted by molar-refractivity contribution is -0.140. The zero-order chi connectivity index (χ0) is 23.3. The highest BCUT2D eigenvalue weighted by Gasteiger charge is 2.60. The number of urea groups is 1. The molecule has 0 saturated heterocycles. The Kier molecular flexibility index (Phi) is 6.32. The quantitative estimate of drug-likeness (QED) is 0.582. The van der Waals surface area contributed by atoms with Gasteiger partial charge in [0.15, 0.2) is 5.78 Å². The molecule has 3 amide bonds. The Bertz CT molecular complexity index is 816. The van der Waals surface area contributed by atoms with Crippen molar-refractivity contribution < 1.29 is 14.4 Å². The molecule has 0 radical (unpaired) electrons. The molecule has 0 aliphatic heterocycles. The maximum Gasteiger partial charge on any atom is 0.326 e. The van der Waals surface area contributed by atoms with E-state index in [-0.39, 0.29) is 28.7 Å². The largest absolute Gasteiger partial charge is 0.326 e. The molecule has 0 aromatic heterocycles. The molecule has 6 atom stereocenters. The van der Waals surface area contributed by atoms with Crippen LogP contribution in [0.3, 0.4) is 0 Å². The Morgan fingerprint density at radius 2 is 1.66 bits per heavy atom. The molecule has 4 aliphatic carbocycles. The number of hydrogen-bond donors (Lipinski definition) is 0. The van der Waals surface area contributed by atoms with Gasteiger partial charge in [0.25, 0.3) is 0 Å². The monoisotopic (exact) mass is 442 g/mol. The summed E-state index contributed by atoms with van der Waals surface area (Å²) in [5.74, 6) is 2.12. The van der Waals surface area contributed by atoms with Crippen LogP contribution in [0.25, 0.3) is 0 Å². The van der Waals surface area contributed by atoms with Gasteiger partial charge in [-0.2, -0.15) is 0 Å². The number of hydrogen-bond acceptors (Lipinski definition) is 3. The van der Waals surface area contributed by atoms with Gasteiger partial charge in [-0.1, -0.05) is 19.4 Å². The van der Waals surface area contributed by atoms with E-state index in [9.17, 15) is 14.4 Å². The highest BCUT2D eigenvalue weighted by atomic mass is 16.2. The van der Waals surface area contributed by atoms with Crippen LogP contribution >= 0.6 is 0 Å². The molecule has 5 nitrogen and oxygen atoms in total. The molecule has 32 heavy (non-hydrogen) atoms. The normalized spacial score (nSPS) is 38.3. The Morgan fingerprint density at radius 3 is 2.31 bits per heavy atom. The lowest BCUT2D eigenvalue weighted by Crippen LogP contribution is -2.54. The predicted octanol–water partition coefficient (Wildman–Crippen LogP) is 5.44. The molecular weight excluding hydrogens is 400 g/mol. The highest BCUT2D eigenvalue weighted by molar-refractivity contribution is 5.96. The van der Waals surface area contributed by atoms with Crippen LogP contribution in [0.2, 0.25) is 0 Å². The summed E-state index contributed by atoms with van der Waals surface area (Å²) in [7, 11) is 0. The first kappa shape index (κ1) is 23.5. The first-order valence-corrected chi connectivity index (χ1v) is 13.0. The van der Waals surface area contributed by atoms with E-state index >= 15 is 0 Å². The van der Waals surface area contributed by atoms with Crippen molar-refractivity contribution in [3.8, 4) is 0 Å². The topological polar surface area (TPSA) is 57.7 Å². The third-order valence-electron chi connectivity index (χ3n) is 10.1. The summed E-state index contributed by atoms with van der Waals surface area (Å²) >= 11 is 0. The number of carbonyl (C=O) groups is 3. The molecule has 0 spiro atoms. The van der Waals surface area contributed by atoms with Crippen molar-refractivity contribution >= 4 is 17.7 Å². The first-order chi connectivity index (χ1) is 15.2. The first-order valence-electron chi connectivity index (χ1n) is 13.0. The van der Waals surface area contributed by atoms with Crippen LogP contribution in [-0.2, 0) is 9.59 Å². The molecule has 3 fully saturated rings. The van der Waals surface area contributed by atoms with E-state index in [0.29, 0.717) is 49.6 Å². The van der Waals surface area contributed by atoms with Gasteiger partial charge in [0, 0.05) is 32.0 Å². The second-order valence-electron chi connectivity index (χ2n) is 11.2. The average molecular weight is 443 g/mol. The van der Waals surface area contributed by atoms with Crippen molar-refractivity contribution in [1.29, 1.82) is 0 Å². The number of carbonyl (C=O) groups excluding carboxylic acids is 3. The predicted molar refractivity (Wildman–Crippen MR) is 126 cm³/mol. The minimum absolute atomic E-state index is 0.0166. The molecule has 0 N–H and O–H groups in total. The molecule has 0 aromatic rings. The summed E-state index contributed by atoms with van der Waals surface area (Å²) in [6, 6.07) is -0.130. The summed E-state index contributed by atoms with van der Waals surface area (Å²) in [4.78, 5) is 42.1. The number of amides is 3. The molecule has 4 rings (SSSR count). The minimum Gasteiger partial charge on any atom is -0.325 e. The van der Waals surface area contributed by atoms with Crippen LogP contribution in [0.5, 0.6) is 0 Å². The average Bonchev–Trinajstić information content (AvgIpc) is 3.12. The Balaban J connectivity index is 1.56. The van der Waals surface area contributed by atoms with Gasteiger partial charge in [0.05, 0.1) is 0 Å². The van der Waals surface area contributed by atoms with Gasteiger partial charge in [-0.15, -0.1) is 0 Å². The Hall–Kier alpha value is -1.65. The molecular formula is C27H42N2O3. The fourth-order valence-corrected chi connectivity index (χ4v) is 8.20. The number of imide groups is 1. The Morgan fingerprint density at radius 1 is 0.938 bits per heavy atom. The van der Waals surface area contributed by atoms with E-state index in [0.717, 1.165) is 44.9 Å². The van der Waals surface area contributed by atoms with Gasteiger partial charge in [0.1, 0.15) is 0 Å². The van der Waals surface area contributed by atoms with E-state index in [1.165, 1.54) is 10.5 Å². The maximum absolute atomic E-state index is 13.7. The lowest BCUT2D eigenvalue weighted by atomic mass is 9.47. The van der Waals surface area contributed by atoms with E-state index < -0.39 is 0 Å². The smallest absolute Gasteiger partial charge is 0.325 e. The summed E-state index contributed by atoms with van der Waals surface area (Å²) in [6.07, 6.45) is 10.0. The number of ketones is 1. The van der Waals surface area contributed by atoms with E-state index in [2.05, 4.69) is 13.8 Å². The fraction of sp³-hybridized carbons (Fsp3) is 0.815. The van der Waals surface area contributed by atoms with Crippen molar-refractivity contribution in [1.82, 2.24) is 9.80 Å². The van der Waals surface area contributed by atoms with Gasteiger partial charge in [-0.3, -0.25) is 14.5 Å². The van der Waals surface area contributed by atoms with Crippen LogP contribution in [0.1, 0.15) is 86.0 Å². The standard InChI is InChI=1S/C27H42N2O3/c1-6-28(7-2)25(32)29(8-3)24(31)23-12-11-21-20-10-9-18-17-19(30)13-15-26(18,4)22(20)14-16-27(21,23)5/h17,20-23H,6-16H2,1-5H3/t20?,21?,22?,23?,26-,27-/m0/s1. The summed E-state index contributed by atoms with van der Waals surface area (Å²) in [5.41, 5.74) is 1.54. The molecule has 0 aromatic carbocycles. The number of nitrogens with zero attached hydrogens (tertiary/aromatic N) is 2. The van der Waals surface area contributed by atoms with Crippen molar-refractivity contribution in [2.45, 2.75) is 86.0 Å². The van der Waals surface area contributed by atoms with Gasteiger partial charge >= 0.3 is 6.03 Å². The van der Waals surface area contributed by atoms with Crippen LogP contribution < -0.4 is 0 Å². The molecule has 5 heteroatoms. The van der Waals surface area contributed by atoms with E-state index in [1.54, 1.807) is 4.90 Å². The molecule has 4 unspecified atom stereocenters. The second kappa shape index (κ2) is 8.61. The van der Waals surface area contributed by atoms with Gasteiger partial charge in [0.2, 0.25) is 5.91 Å². The lowest BCUT2D eigenvalue weighted by Gasteiger charge is -2.58. The second-order valence-corrected chi connectivity index (χ2v) is 11.2. The number of allylic oxidation sites excluding steroid dienone is 1. The van der Waals surface area contributed by atoms with Crippen molar-refractivity contribution in [3.05, 3.63) is 11.6 Å². The van der Waals surface area contributed by atoms with Crippen molar-refractivity contribution in [2.75, 3.05) is 19.6 Å². The van der Waals surface area contributed by atoms with Crippen LogP contribution in [0.4, 0.5) is 4.79 Å². The summed E-state index contributed by atoms with van der Waals surface area (Å²) in [5, 5.41) is 0. The highest BCUT2D eigenvalue weighted by Crippen LogP contribution is 2.66. The van der Waals surface area contributed by atoms with Gasteiger partial charge < -0.3 is 4.90 Å². The minimum atomic E-state index is -0.130. The third kappa shape index (κ3) is 3.45. The van der Waals surface area contributed by atoms with Gasteiger partial charge in [-0.05, 0) is 100 Å². The number of fused-ring (bicyclic) bond motifs is 5. The van der Waals surface area contributed by atoms with Crippen molar-refractivity contribution in [2.24, 2.45) is 34.5 Å². The molecule has 178 valence electrons. The molecule has 0 heterocycles. The van der Waals surface area contributed by atoms with Crippen LogP contribution in [-0.4, -0.2) is 47.2 Å². The zero-order valence-corrected chi connectivity index (χ0v) is 20.8. The van der Waals surface area contributed by atoms with Crippen molar-refractivity contribution in [3.63, 3.8) is 0 Å². The third-order valence-corrected chi connectivity index (χ3v) is 10.1. The zero-order valence-electron chi connectivity index (χ0n) is 20.8. The number of rotatable bonds is 4. The maximum atomic E-state index is 13.7. The SMILES string of the molecule is CCN(CC)C(=O)N(CC)C(=O)C1CCC2C3CCC4=CC(=O)CC[C@]4(C)C3CC[C@]12C. The fourth-order valence-electron chi connectivity index (χ4n) is 8.20. The summed E-state index contributed by atoms with van der Waals surface area (Å²) < 4.78 is 0. The molecule has 0 bridgehead atoms. The Labute approximate surface area is 194 Å². The van der Waals surface area contributed by atoms with Crippen LogP contribution in [0.15, 0.2) is 11.6 Å². The van der Waals surface area contributed by atoms with Gasteiger partial charge in [-0.25, -0.2) is 4.79 Å². The molecule has 3 saturated carbocycles. The summed E-state index contributed by atoms with van der Waals surface area (Å²) in [6.45, 7) is 12.3. The van der Waals surface area contributed by atoms with E-state index in [4.69, 9.17) is 0 Å².